The lowest BCUT2D eigenvalue weighted by molar-refractivity contribution is -0.140. The summed E-state index contributed by atoms with van der Waals surface area (Å²) in [5.41, 5.74) is 0.461. The van der Waals surface area contributed by atoms with Crippen LogP contribution in [0, 0.1) is 11.6 Å². The molecule has 0 saturated carbocycles. The van der Waals surface area contributed by atoms with Crippen molar-refractivity contribution in [2.75, 3.05) is 13.7 Å². The minimum absolute atomic E-state index is 0.0475. The molecule has 120 valence electrons. The van der Waals surface area contributed by atoms with E-state index in [4.69, 9.17) is 4.74 Å². The number of benzene rings is 1. The molecular weight excluding hydrogens is 296 g/mol. The van der Waals surface area contributed by atoms with Crippen molar-refractivity contribution in [1.82, 2.24) is 5.32 Å². The summed E-state index contributed by atoms with van der Waals surface area (Å²) in [7, 11) is 1.29. The number of carbonyl (C=O) groups excluding carboxylic acids is 2. The van der Waals surface area contributed by atoms with Crippen molar-refractivity contribution < 1.29 is 27.8 Å². The highest BCUT2D eigenvalue weighted by Crippen LogP contribution is 2.32. The lowest BCUT2D eigenvalue weighted by Gasteiger charge is -2.12. The van der Waals surface area contributed by atoms with Gasteiger partial charge in [-0.25, -0.2) is 8.78 Å². The van der Waals surface area contributed by atoms with Gasteiger partial charge in [-0.1, -0.05) is 0 Å². The Bertz CT molecular complexity index is 577. The molecule has 1 aliphatic rings. The zero-order chi connectivity index (χ0) is 16.1. The minimum Gasteiger partial charge on any atom is -0.485 e. The number of amides is 1. The molecule has 0 radical (unpaired) electrons. The van der Waals surface area contributed by atoms with Crippen LogP contribution in [0.2, 0.25) is 0 Å². The number of halogens is 2. The molecule has 1 atom stereocenters. The van der Waals surface area contributed by atoms with Crippen molar-refractivity contribution in [1.29, 1.82) is 0 Å². The predicted octanol–water partition coefficient (Wildman–Crippen LogP) is 1.73. The van der Waals surface area contributed by atoms with Gasteiger partial charge in [-0.05, 0) is 12.5 Å². The highest BCUT2D eigenvalue weighted by atomic mass is 19.1. The van der Waals surface area contributed by atoms with Crippen molar-refractivity contribution in [3.05, 3.63) is 29.3 Å². The molecule has 0 aromatic heterocycles. The van der Waals surface area contributed by atoms with Gasteiger partial charge < -0.3 is 14.8 Å². The zero-order valence-electron chi connectivity index (χ0n) is 12.2. The number of ether oxygens (including phenoxy) is 2. The van der Waals surface area contributed by atoms with Crippen LogP contribution >= 0.6 is 0 Å². The van der Waals surface area contributed by atoms with E-state index < -0.39 is 17.7 Å². The Hall–Kier alpha value is -2.18. The molecule has 0 bridgehead atoms. The number of methoxy groups -OCH3 is 1. The van der Waals surface area contributed by atoms with E-state index in [9.17, 15) is 18.4 Å². The van der Waals surface area contributed by atoms with Gasteiger partial charge in [-0.15, -0.1) is 0 Å². The van der Waals surface area contributed by atoms with E-state index in [1.54, 1.807) is 0 Å². The number of nitrogens with one attached hydrogen (secondary N) is 1. The first-order valence-corrected chi connectivity index (χ1v) is 6.97. The topological polar surface area (TPSA) is 64.6 Å². The van der Waals surface area contributed by atoms with Crippen molar-refractivity contribution in [3.8, 4) is 5.75 Å². The van der Waals surface area contributed by atoms with E-state index in [-0.39, 0.29) is 37.0 Å². The first-order valence-electron chi connectivity index (χ1n) is 6.97. The first-order chi connectivity index (χ1) is 10.5. The normalized spacial score (nSPS) is 15.9. The van der Waals surface area contributed by atoms with Crippen molar-refractivity contribution in [2.45, 2.75) is 31.8 Å². The van der Waals surface area contributed by atoms with Gasteiger partial charge in [0.1, 0.15) is 11.9 Å². The molecular formula is C15H17F2NO4. The standard InChI is InChI=1S/C15H17F2NO4/c1-21-14(20)4-2-3-13(19)18-8-11-6-9-5-10(16)7-12(17)15(9)22-11/h5,7,11H,2-4,6,8H2,1H3,(H,18,19). The Morgan fingerprint density at radius 2 is 2.14 bits per heavy atom. The molecule has 1 aromatic rings. The highest BCUT2D eigenvalue weighted by Gasteiger charge is 2.27. The van der Waals surface area contributed by atoms with E-state index in [2.05, 4.69) is 10.1 Å². The van der Waals surface area contributed by atoms with Crippen LogP contribution in [0.3, 0.4) is 0 Å². The number of rotatable bonds is 6. The van der Waals surface area contributed by atoms with Crippen LogP contribution in [-0.4, -0.2) is 31.6 Å². The molecule has 2 rings (SSSR count). The maximum atomic E-state index is 13.5. The molecule has 0 fully saturated rings. The average Bonchev–Trinajstić information content (AvgIpc) is 2.88. The Labute approximate surface area is 126 Å². The highest BCUT2D eigenvalue weighted by molar-refractivity contribution is 5.77. The van der Waals surface area contributed by atoms with Gasteiger partial charge in [0.05, 0.1) is 13.7 Å². The molecule has 7 heteroatoms. The van der Waals surface area contributed by atoms with E-state index in [0.29, 0.717) is 18.4 Å². The van der Waals surface area contributed by atoms with Gasteiger partial charge in [0.25, 0.3) is 0 Å². The SMILES string of the molecule is COC(=O)CCCC(=O)NCC1Cc2cc(F)cc(F)c2O1. The van der Waals surface area contributed by atoms with Gasteiger partial charge in [-0.3, -0.25) is 9.59 Å². The van der Waals surface area contributed by atoms with Crippen LogP contribution in [0.25, 0.3) is 0 Å². The predicted molar refractivity (Wildman–Crippen MR) is 73.4 cm³/mol. The largest absolute Gasteiger partial charge is 0.485 e. The van der Waals surface area contributed by atoms with Crippen molar-refractivity contribution in [2.24, 2.45) is 0 Å². The van der Waals surface area contributed by atoms with Crippen LogP contribution in [0.1, 0.15) is 24.8 Å². The maximum absolute atomic E-state index is 13.5. The fourth-order valence-electron chi connectivity index (χ4n) is 2.28. The summed E-state index contributed by atoms with van der Waals surface area (Å²) >= 11 is 0. The Balaban J connectivity index is 1.74. The molecule has 5 nitrogen and oxygen atoms in total. The molecule has 1 aromatic carbocycles. The van der Waals surface area contributed by atoms with Crippen molar-refractivity contribution in [3.63, 3.8) is 0 Å². The molecule has 1 N–H and O–H groups in total. The molecule has 0 saturated heterocycles. The molecule has 1 heterocycles. The van der Waals surface area contributed by atoms with E-state index in [1.165, 1.54) is 13.2 Å². The monoisotopic (exact) mass is 313 g/mol. The number of esters is 1. The Morgan fingerprint density at radius 3 is 2.86 bits per heavy atom. The lowest BCUT2D eigenvalue weighted by atomic mass is 10.1. The summed E-state index contributed by atoms with van der Waals surface area (Å²) in [6.45, 7) is 0.201. The number of carbonyl (C=O) groups is 2. The molecule has 1 unspecified atom stereocenters. The summed E-state index contributed by atoms with van der Waals surface area (Å²) in [5.74, 6) is -1.92. The number of hydrogen-bond acceptors (Lipinski definition) is 4. The van der Waals surface area contributed by atoms with Crippen molar-refractivity contribution >= 4 is 11.9 Å². The minimum atomic E-state index is -0.734. The third-order valence-electron chi connectivity index (χ3n) is 3.36. The molecule has 22 heavy (non-hydrogen) atoms. The second-order valence-corrected chi connectivity index (χ2v) is 5.05. The maximum Gasteiger partial charge on any atom is 0.305 e. The summed E-state index contributed by atoms with van der Waals surface area (Å²) in [5, 5.41) is 2.65. The average molecular weight is 313 g/mol. The molecule has 1 amide bonds. The zero-order valence-corrected chi connectivity index (χ0v) is 12.2. The first kappa shape index (κ1) is 16.2. The van der Waals surface area contributed by atoms with E-state index >= 15 is 0 Å². The Kier molecular flexibility index (Phi) is 5.30. The second-order valence-electron chi connectivity index (χ2n) is 5.05. The Morgan fingerprint density at radius 1 is 1.36 bits per heavy atom. The van der Waals surface area contributed by atoms with Gasteiger partial charge in [-0.2, -0.15) is 0 Å². The lowest BCUT2D eigenvalue weighted by Crippen LogP contribution is -2.34. The third-order valence-corrected chi connectivity index (χ3v) is 3.36. The second kappa shape index (κ2) is 7.20. The number of hydrogen-bond donors (Lipinski definition) is 1. The van der Waals surface area contributed by atoms with Crippen LogP contribution < -0.4 is 10.1 Å². The summed E-state index contributed by atoms with van der Waals surface area (Å²) in [6, 6.07) is 2.00. The van der Waals surface area contributed by atoms with E-state index in [0.717, 1.165) is 6.07 Å². The quantitative estimate of drug-likeness (QED) is 0.812. The van der Waals surface area contributed by atoms with E-state index in [1.807, 2.05) is 0 Å². The van der Waals surface area contributed by atoms with Gasteiger partial charge in [0.2, 0.25) is 5.91 Å². The van der Waals surface area contributed by atoms with Crippen LogP contribution in [0.5, 0.6) is 5.75 Å². The molecule has 0 spiro atoms. The van der Waals surface area contributed by atoms with Crippen LogP contribution in [0.4, 0.5) is 8.78 Å². The summed E-state index contributed by atoms with van der Waals surface area (Å²) in [4.78, 5) is 22.5. The molecule has 1 aliphatic heterocycles. The molecule has 0 aliphatic carbocycles. The number of fused-ring (bicyclic) bond motifs is 1. The fraction of sp³-hybridized carbons (Fsp3) is 0.467. The van der Waals surface area contributed by atoms with Gasteiger partial charge in [0, 0.05) is 30.9 Å². The fourth-order valence-corrected chi connectivity index (χ4v) is 2.28. The third kappa shape index (κ3) is 4.16. The summed E-state index contributed by atoms with van der Waals surface area (Å²) in [6.07, 6.45) is 0.685. The van der Waals surface area contributed by atoms with Gasteiger partial charge >= 0.3 is 5.97 Å². The summed E-state index contributed by atoms with van der Waals surface area (Å²) < 4.78 is 36.4. The van der Waals surface area contributed by atoms with Crippen LogP contribution in [0.15, 0.2) is 12.1 Å². The van der Waals surface area contributed by atoms with Crippen LogP contribution in [-0.2, 0) is 20.7 Å². The smallest absolute Gasteiger partial charge is 0.305 e. The van der Waals surface area contributed by atoms with Gasteiger partial charge in [0.15, 0.2) is 11.6 Å².